The summed E-state index contributed by atoms with van der Waals surface area (Å²) in [4.78, 5) is 28.1. The molecule has 40 heavy (non-hydrogen) atoms. The summed E-state index contributed by atoms with van der Waals surface area (Å²) in [7, 11) is -4.31. The normalized spacial score (nSPS) is 12.1. The molecular formula is C28H29Cl3FN3O4S. The van der Waals surface area contributed by atoms with Gasteiger partial charge in [0.25, 0.3) is 10.0 Å². The van der Waals surface area contributed by atoms with E-state index >= 15 is 0 Å². The summed E-state index contributed by atoms with van der Waals surface area (Å²) in [5.74, 6) is -1.89. The van der Waals surface area contributed by atoms with Crippen molar-refractivity contribution in [1.29, 1.82) is 0 Å². The SMILES string of the molecule is CCCCNC(=O)[C@@H](C)N(Cc1c(Cl)cccc1Cl)C(=O)CN(c1ccc(F)c(Cl)c1)S(=O)(=O)c1ccccc1. The summed E-state index contributed by atoms with van der Waals surface area (Å²) in [6.45, 7) is 3.05. The zero-order valence-electron chi connectivity index (χ0n) is 21.9. The van der Waals surface area contributed by atoms with Crippen LogP contribution in [-0.4, -0.2) is 44.3 Å². The molecule has 3 rings (SSSR count). The molecule has 0 bridgehead atoms. The molecule has 0 unspecified atom stereocenters. The number of unbranched alkanes of at least 4 members (excludes halogenated alkanes) is 1. The molecule has 0 saturated heterocycles. The molecule has 12 heteroatoms. The molecule has 3 aromatic rings. The Morgan fingerprint density at radius 2 is 1.60 bits per heavy atom. The summed E-state index contributed by atoms with van der Waals surface area (Å²) in [5, 5.41) is 3.04. The van der Waals surface area contributed by atoms with Gasteiger partial charge in [0.1, 0.15) is 18.4 Å². The van der Waals surface area contributed by atoms with Gasteiger partial charge in [-0.3, -0.25) is 13.9 Å². The molecule has 0 saturated carbocycles. The van der Waals surface area contributed by atoms with Gasteiger partial charge in [0.15, 0.2) is 0 Å². The maximum atomic E-state index is 14.0. The predicted octanol–water partition coefficient (Wildman–Crippen LogP) is 6.31. The fourth-order valence-corrected chi connectivity index (χ4v) is 5.98. The summed E-state index contributed by atoms with van der Waals surface area (Å²) in [6.07, 6.45) is 1.61. The van der Waals surface area contributed by atoms with Crippen LogP contribution >= 0.6 is 34.8 Å². The van der Waals surface area contributed by atoms with E-state index in [1.807, 2.05) is 6.92 Å². The van der Waals surface area contributed by atoms with Crippen LogP contribution in [0.2, 0.25) is 15.1 Å². The second-order valence-electron chi connectivity index (χ2n) is 8.97. The van der Waals surface area contributed by atoms with Crippen LogP contribution in [0.4, 0.5) is 10.1 Å². The quantitative estimate of drug-likeness (QED) is 0.238. The van der Waals surface area contributed by atoms with Crippen LogP contribution in [0.5, 0.6) is 0 Å². The molecule has 0 aromatic heterocycles. The predicted molar refractivity (Wildman–Crippen MR) is 157 cm³/mol. The Hall–Kier alpha value is -2.85. The van der Waals surface area contributed by atoms with Gasteiger partial charge >= 0.3 is 0 Å². The third-order valence-corrected chi connectivity index (χ3v) is 8.97. The van der Waals surface area contributed by atoms with Crippen LogP contribution in [0.25, 0.3) is 0 Å². The molecule has 0 aliphatic rings. The molecule has 2 amide bonds. The maximum Gasteiger partial charge on any atom is 0.264 e. The minimum absolute atomic E-state index is 0.0284. The molecular weight excluding hydrogens is 600 g/mol. The Morgan fingerprint density at radius 1 is 0.950 bits per heavy atom. The topological polar surface area (TPSA) is 86.8 Å². The fourth-order valence-electron chi connectivity index (χ4n) is 3.86. The highest BCUT2D eigenvalue weighted by Crippen LogP contribution is 2.30. The van der Waals surface area contributed by atoms with E-state index in [1.54, 1.807) is 36.4 Å². The number of hydrogen-bond donors (Lipinski definition) is 1. The minimum atomic E-state index is -4.31. The van der Waals surface area contributed by atoms with Crippen molar-refractivity contribution in [2.24, 2.45) is 0 Å². The number of anilines is 1. The number of amides is 2. The van der Waals surface area contributed by atoms with Crippen molar-refractivity contribution in [3.8, 4) is 0 Å². The number of carbonyl (C=O) groups is 2. The molecule has 0 aliphatic carbocycles. The number of rotatable bonds is 12. The van der Waals surface area contributed by atoms with Crippen molar-refractivity contribution in [3.05, 3.63) is 93.2 Å². The number of carbonyl (C=O) groups excluding carboxylic acids is 2. The fraction of sp³-hybridized carbons (Fsp3) is 0.286. The Morgan fingerprint density at radius 3 is 2.20 bits per heavy atom. The number of sulfonamides is 1. The first-order chi connectivity index (χ1) is 19.0. The van der Waals surface area contributed by atoms with Gasteiger partial charge in [-0.2, -0.15) is 0 Å². The van der Waals surface area contributed by atoms with Crippen molar-refractivity contribution in [2.75, 3.05) is 17.4 Å². The van der Waals surface area contributed by atoms with Gasteiger partial charge in [-0.25, -0.2) is 12.8 Å². The van der Waals surface area contributed by atoms with Crippen molar-refractivity contribution < 1.29 is 22.4 Å². The lowest BCUT2D eigenvalue weighted by molar-refractivity contribution is -0.139. The summed E-state index contributed by atoms with van der Waals surface area (Å²) < 4.78 is 42.3. The highest BCUT2D eigenvalue weighted by Gasteiger charge is 2.33. The van der Waals surface area contributed by atoms with Crippen molar-refractivity contribution in [1.82, 2.24) is 10.2 Å². The number of benzene rings is 3. The maximum absolute atomic E-state index is 14.0. The second kappa shape index (κ2) is 14.2. The lowest BCUT2D eigenvalue weighted by atomic mass is 10.1. The molecule has 3 aromatic carbocycles. The van der Waals surface area contributed by atoms with Crippen LogP contribution in [0, 0.1) is 5.82 Å². The van der Waals surface area contributed by atoms with E-state index in [0.29, 0.717) is 12.1 Å². The second-order valence-corrected chi connectivity index (χ2v) is 12.0. The van der Waals surface area contributed by atoms with Gasteiger partial charge < -0.3 is 10.2 Å². The van der Waals surface area contributed by atoms with Crippen LogP contribution in [0.1, 0.15) is 32.3 Å². The summed E-state index contributed by atoms with van der Waals surface area (Å²) >= 11 is 18.7. The molecule has 1 atom stereocenters. The third-order valence-electron chi connectivity index (χ3n) is 6.19. The number of nitrogens with zero attached hydrogens (tertiary/aromatic N) is 2. The van der Waals surface area contributed by atoms with E-state index in [-0.39, 0.29) is 32.2 Å². The Kier molecular flexibility index (Phi) is 11.2. The van der Waals surface area contributed by atoms with E-state index in [1.165, 1.54) is 30.0 Å². The Labute approximate surface area is 248 Å². The van der Waals surface area contributed by atoms with Gasteiger partial charge in [0, 0.05) is 28.7 Å². The number of nitrogens with one attached hydrogen (secondary N) is 1. The van der Waals surface area contributed by atoms with E-state index in [4.69, 9.17) is 34.8 Å². The average Bonchev–Trinajstić information content (AvgIpc) is 2.93. The molecule has 7 nitrogen and oxygen atoms in total. The van der Waals surface area contributed by atoms with Crippen molar-refractivity contribution in [3.63, 3.8) is 0 Å². The number of hydrogen-bond acceptors (Lipinski definition) is 4. The summed E-state index contributed by atoms with van der Waals surface area (Å²) in [6, 6.07) is 14.7. The monoisotopic (exact) mass is 627 g/mol. The Bertz CT molecular complexity index is 1440. The molecule has 0 spiro atoms. The van der Waals surface area contributed by atoms with E-state index in [0.717, 1.165) is 29.3 Å². The van der Waals surface area contributed by atoms with E-state index in [9.17, 15) is 22.4 Å². The standard InChI is InChI=1S/C28H29Cl3FN3O4S/c1-3-4-15-33-28(37)19(2)34(17-22-23(29)11-8-12-24(22)30)27(36)18-35(20-13-14-26(32)25(31)16-20)40(38,39)21-9-6-5-7-10-21/h5-14,16,19H,3-4,15,17-18H2,1-2H3,(H,33,37)/t19-/m1/s1. The molecule has 1 N–H and O–H groups in total. The Balaban J connectivity index is 2.05. The van der Waals surface area contributed by atoms with Crippen LogP contribution in [0.15, 0.2) is 71.6 Å². The van der Waals surface area contributed by atoms with E-state index in [2.05, 4.69) is 5.32 Å². The first kappa shape index (κ1) is 31.7. The third kappa shape index (κ3) is 7.66. The van der Waals surface area contributed by atoms with Crippen LogP contribution in [-0.2, 0) is 26.2 Å². The number of halogens is 4. The van der Waals surface area contributed by atoms with Crippen molar-refractivity contribution >= 4 is 62.3 Å². The lowest BCUT2D eigenvalue weighted by Crippen LogP contribution is -2.51. The van der Waals surface area contributed by atoms with Gasteiger partial charge in [0.2, 0.25) is 11.8 Å². The largest absolute Gasteiger partial charge is 0.354 e. The van der Waals surface area contributed by atoms with Gasteiger partial charge in [-0.05, 0) is 55.8 Å². The molecule has 0 radical (unpaired) electrons. The highest BCUT2D eigenvalue weighted by atomic mass is 35.5. The van der Waals surface area contributed by atoms with E-state index < -0.39 is 40.2 Å². The van der Waals surface area contributed by atoms with Crippen LogP contribution in [0.3, 0.4) is 0 Å². The van der Waals surface area contributed by atoms with Crippen LogP contribution < -0.4 is 9.62 Å². The average molecular weight is 629 g/mol. The molecule has 0 aliphatic heterocycles. The van der Waals surface area contributed by atoms with Crippen molar-refractivity contribution in [2.45, 2.75) is 44.2 Å². The molecule has 214 valence electrons. The van der Waals surface area contributed by atoms with Gasteiger partial charge in [-0.15, -0.1) is 0 Å². The highest BCUT2D eigenvalue weighted by molar-refractivity contribution is 7.92. The van der Waals surface area contributed by atoms with Gasteiger partial charge in [0.05, 0.1) is 15.6 Å². The summed E-state index contributed by atoms with van der Waals surface area (Å²) in [5.41, 5.74) is 0.370. The zero-order valence-corrected chi connectivity index (χ0v) is 25.0. The first-order valence-corrected chi connectivity index (χ1v) is 15.1. The first-order valence-electron chi connectivity index (χ1n) is 12.5. The molecule has 0 heterocycles. The smallest absolute Gasteiger partial charge is 0.264 e. The molecule has 0 fully saturated rings. The zero-order chi connectivity index (χ0) is 29.4. The lowest BCUT2D eigenvalue weighted by Gasteiger charge is -2.32. The van der Waals surface area contributed by atoms with Gasteiger partial charge in [-0.1, -0.05) is 72.4 Å². The minimum Gasteiger partial charge on any atom is -0.354 e.